The predicted molar refractivity (Wildman–Crippen MR) is 51.2 cm³/mol. The monoisotopic (exact) mass is 179 g/mol. The van der Waals surface area contributed by atoms with Gasteiger partial charge in [-0.2, -0.15) is 0 Å². The third-order valence-electron chi connectivity index (χ3n) is 2.45. The highest BCUT2D eigenvalue weighted by Gasteiger charge is 2.24. The minimum absolute atomic E-state index is 0.380. The molecule has 0 aromatic heterocycles. The topological polar surface area (TPSA) is 32.7 Å². The number of hydrogen-bond acceptors (Lipinski definition) is 3. The quantitative estimate of drug-likeness (QED) is 0.702. The molecule has 2 rings (SSSR count). The first kappa shape index (κ1) is 8.38. The van der Waals surface area contributed by atoms with Crippen molar-refractivity contribution in [1.29, 1.82) is 0 Å². The van der Waals surface area contributed by atoms with E-state index in [1.807, 2.05) is 30.1 Å². The summed E-state index contributed by atoms with van der Waals surface area (Å²) in [4.78, 5) is 2.04. The first-order valence-electron chi connectivity index (χ1n) is 4.29. The maximum atomic E-state index is 9.67. The zero-order valence-corrected chi connectivity index (χ0v) is 7.82. The Kier molecular flexibility index (Phi) is 1.88. The molecular formula is C10H13NO2. The number of rotatable bonds is 1. The summed E-state index contributed by atoms with van der Waals surface area (Å²) in [5.41, 5.74) is 2.05. The molecule has 1 aliphatic rings. The third-order valence-corrected chi connectivity index (χ3v) is 2.45. The molecule has 0 saturated heterocycles. The van der Waals surface area contributed by atoms with Gasteiger partial charge in [-0.05, 0) is 18.2 Å². The van der Waals surface area contributed by atoms with E-state index in [1.165, 1.54) is 0 Å². The normalized spacial score (nSPS) is 20.2. The third kappa shape index (κ3) is 1.25. The van der Waals surface area contributed by atoms with Gasteiger partial charge in [-0.25, -0.2) is 0 Å². The van der Waals surface area contributed by atoms with Gasteiger partial charge in [0, 0.05) is 24.8 Å². The molecule has 1 heterocycles. The number of methoxy groups -OCH3 is 1. The Bertz CT molecular complexity index is 325. The van der Waals surface area contributed by atoms with Crippen LogP contribution >= 0.6 is 0 Å². The van der Waals surface area contributed by atoms with Gasteiger partial charge >= 0.3 is 0 Å². The van der Waals surface area contributed by atoms with Crippen LogP contribution in [0.3, 0.4) is 0 Å². The first-order valence-corrected chi connectivity index (χ1v) is 4.29. The van der Waals surface area contributed by atoms with Crippen LogP contribution in [0.4, 0.5) is 5.69 Å². The number of benzene rings is 1. The molecule has 1 aliphatic heterocycles. The van der Waals surface area contributed by atoms with Crippen LogP contribution < -0.4 is 9.64 Å². The van der Waals surface area contributed by atoms with Crippen molar-refractivity contribution >= 4 is 5.69 Å². The fraction of sp³-hybridized carbons (Fsp3) is 0.400. The van der Waals surface area contributed by atoms with Gasteiger partial charge in [0.15, 0.2) is 0 Å². The Balaban J connectivity index is 2.46. The second-order valence-corrected chi connectivity index (χ2v) is 3.32. The summed E-state index contributed by atoms with van der Waals surface area (Å²) in [6.45, 7) is 0.669. The molecule has 3 heteroatoms. The number of nitrogens with zero attached hydrogens (tertiary/aromatic N) is 1. The lowest BCUT2D eigenvalue weighted by molar-refractivity contribution is 0.195. The van der Waals surface area contributed by atoms with Crippen molar-refractivity contribution in [2.24, 2.45) is 0 Å². The van der Waals surface area contributed by atoms with Crippen LogP contribution in [0.1, 0.15) is 11.7 Å². The lowest BCUT2D eigenvalue weighted by atomic mass is 10.1. The van der Waals surface area contributed by atoms with E-state index >= 15 is 0 Å². The molecule has 70 valence electrons. The molecular weight excluding hydrogens is 166 g/mol. The highest BCUT2D eigenvalue weighted by molar-refractivity contribution is 5.60. The average Bonchev–Trinajstić information content (AvgIpc) is 2.42. The van der Waals surface area contributed by atoms with E-state index in [1.54, 1.807) is 7.11 Å². The zero-order chi connectivity index (χ0) is 9.42. The van der Waals surface area contributed by atoms with Gasteiger partial charge < -0.3 is 14.7 Å². The largest absolute Gasteiger partial charge is 0.497 e. The number of β-amino-alcohol motifs (C(OH)–C–C–N with tert-alkyl or cyclic N) is 1. The molecule has 0 saturated carbocycles. The molecule has 1 atom stereocenters. The van der Waals surface area contributed by atoms with Gasteiger partial charge in [0.1, 0.15) is 5.75 Å². The minimum atomic E-state index is -0.380. The molecule has 1 aromatic carbocycles. The van der Waals surface area contributed by atoms with E-state index in [9.17, 15) is 5.11 Å². The Labute approximate surface area is 77.6 Å². The SMILES string of the molecule is COc1ccc2c(c1)C(O)CN2C. The Morgan fingerprint density at radius 1 is 1.54 bits per heavy atom. The first-order chi connectivity index (χ1) is 6.22. The maximum Gasteiger partial charge on any atom is 0.119 e. The number of likely N-dealkylation sites (N-methyl/N-ethyl adjacent to an activating group) is 1. The molecule has 0 spiro atoms. The molecule has 0 fully saturated rings. The number of hydrogen-bond donors (Lipinski definition) is 1. The van der Waals surface area contributed by atoms with E-state index in [-0.39, 0.29) is 6.10 Å². The van der Waals surface area contributed by atoms with Gasteiger partial charge in [0.25, 0.3) is 0 Å². The fourth-order valence-corrected chi connectivity index (χ4v) is 1.73. The van der Waals surface area contributed by atoms with Crippen molar-refractivity contribution in [3.8, 4) is 5.75 Å². The van der Waals surface area contributed by atoms with Crippen molar-refractivity contribution in [2.45, 2.75) is 6.10 Å². The summed E-state index contributed by atoms with van der Waals surface area (Å²) in [7, 11) is 3.61. The Morgan fingerprint density at radius 2 is 2.31 bits per heavy atom. The molecule has 3 nitrogen and oxygen atoms in total. The highest BCUT2D eigenvalue weighted by atomic mass is 16.5. The van der Waals surface area contributed by atoms with Crippen LogP contribution in [-0.2, 0) is 0 Å². The number of ether oxygens (including phenoxy) is 1. The average molecular weight is 179 g/mol. The molecule has 13 heavy (non-hydrogen) atoms. The van der Waals surface area contributed by atoms with Crippen molar-refractivity contribution < 1.29 is 9.84 Å². The standard InChI is InChI=1S/C10H13NO2/c1-11-6-10(12)8-5-7(13-2)3-4-9(8)11/h3-5,10,12H,6H2,1-2H3. The summed E-state index contributed by atoms with van der Waals surface area (Å²) < 4.78 is 5.09. The minimum Gasteiger partial charge on any atom is -0.497 e. The van der Waals surface area contributed by atoms with Crippen LogP contribution in [0.5, 0.6) is 5.75 Å². The van der Waals surface area contributed by atoms with Crippen LogP contribution in [-0.4, -0.2) is 25.8 Å². The number of fused-ring (bicyclic) bond motifs is 1. The zero-order valence-electron chi connectivity index (χ0n) is 7.82. The maximum absolute atomic E-state index is 9.67. The molecule has 0 bridgehead atoms. The Hall–Kier alpha value is -1.22. The molecule has 1 N–H and O–H groups in total. The van der Waals surface area contributed by atoms with Crippen molar-refractivity contribution in [3.05, 3.63) is 23.8 Å². The smallest absolute Gasteiger partial charge is 0.119 e. The molecule has 1 aromatic rings. The summed E-state index contributed by atoms with van der Waals surface area (Å²) in [6.07, 6.45) is -0.380. The van der Waals surface area contributed by atoms with E-state index in [0.29, 0.717) is 6.54 Å². The van der Waals surface area contributed by atoms with E-state index in [2.05, 4.69) is 0 Å². The Morgan fingerprint density at radius 3 is 3.00 bits per heavy atom. The van der Waals surface area contributed by atoms with Crippen molar-refractivity contribution in [1.82, 2.24) is 0 Å². The highest BCUT2D eigenvalue weighted by Crippen LogP contribution is 2.35. The van der Waals surface area contributed by atoms with Crippen molar-refractivity contribution in [3.63, 3.8) is 0 Å². The summed E-state index contributed by atoms with van der Waals surface area (Å²) in [6, 6.07) is 5.78. The predicted octanol–water partition coefficient (Wildman–Crippen LogP) is 1.18. The lowest BCUT2D eigenvalue weighted by Crippen LogP contribution is -2.14. The second-order valence-electron chi connectivity index (χ2n) is 3.32. The van der Waals surface area contributed by atoms with E-state index in [0.717, 1.165) is 17.0 Å². The number of aliphatic hydroxyl groups excluding tert-OH is 1. The number of aliphatic hydroxyl groups is 1. The summed E-state index contributed by atoms with van der Waals surface area (Å²) >= 11 is 0. The van der Waals surface area contributed by atoms with Crippen LogP contribution in [0.15, 0.2) is 18.2 Å². The molecule has 0 aliphatic carbocycles. The molecule has 0 amide bonds. The van der Waals surface area contributed by atoms with Gasteiger partial charge in [0.2, 0.25) is 0 Å². The van der Waals surface area contributed by atoms with E-state index < -0.39 is 0 Å². The van der Waals surface area contributed by atoms with Gasteiger partial charge in [0.05, 0.1) is 13.2 Å². The van der Waals surface area contributed by atoms with Crippen LogP contribution in [0, 0.1) is 0 Å². The molecule has 0 radical (unpaired) electrons. The van der Waals surface area contributed by atoms with Crippen molar-refractivity contribution in [2.75, 3.05) is 25.6 Å². The summed E-state index contributed by atoms with van der Waals surface area (Å²) in [5.74, 6) is 0.799. The number of anilines is 1. The van der Waals surface area contributed by atoms with Gasteiger partial charge in [-0.15, -0.1) is 0 Å². The van der Waals surface area contributed by atoms with Gasteiger partial charge in [-0.3, -0.25) is 0 Å². The molecule has 1 unspecified atom stereocenters. The van der Waals surface area contributed by atoms with Crippen LogP contribution in [0.25, 0.3) is 0 Å². The lowest BCUT2D eigenvalue weighted by Gasteiger charge is -2.11. The van der Waals surface area contributed by atoms with Crippen LogP contribution in [0.2, 0.25) is 0 Å². The fourth-order valence-electron chi connectivity index (χ4n) is 1.73. The second kappa shape index (κ2) is 2.92. The van der Waals surface area contributed by atoms with Gasteiger partial charge in [-0.1, -0.05) is 0 Å². The summed E-state index contributed by atoms with van der Waals surface area (Å²) in [5, 5.41) is 9.67. The van der Waals surface area contributed by atoms with E-state index in [4.69, 9.17) is 4.74 Å².